The SMILES string of the molecule is CN(C(=O)c1cccs1)C1(CC(=O)O)CCCCC1. The van der Waals surface area contributed by atoms with Crippen molar-refractivity contribution in [1.82, 2.24) is 4.90 Å². The molecule has 1 N–H and O–H groups in total. The van der Waals surface area contributed by atoms with E-state index in [1.54, 1.807) is 18.0 Å². The molecule has 1 amide bonds. The van der Waals surface area contributed by atoms with Crippen LogP contribution < -0.4 is 0 Å². The average Bonchev–Trinajstić information content (AvgIpc) is 2.91. The number of thiophene rings is 1. The fraction of sp³-hybridized carbons (Fsp3) is 0.571. The second-order valence-corrected chi connectivity index (χ2v) is 6.14. The molecule has 1 aliphatic rings. The van der Waals surface area contributed by atoms with Crippen molar-refractivity contribution in [2.24, 2.45) is 0 Å². The van der Waals surface area contributed by atoms with Gasteiger partial charge >= 0.3 is 5.97 Å². The molecule has 0 radical (unpaired) electrons. The molecule has 0 atom stereocenters. The average molecular weight is 281 g/mol. The van der Waals surface area contributed by atoms with Crippen LogP contribution in [0.4, 0.5) is 0 Å². The third-order valence-electron chi connectivity index (χ3n) is 4.01. The molecule has 1 aromatic rings. The van der Waals surface area contributed by atoms with E-state index in [4.69, 9.17) is 5.11 Å². The summed E-state index contributed by atoms with van der Waals surface area (Å²) in [5.41, 5.74) is -0.509. The first-order valence-corrected chi connectivity index (χ1v) is 7.47. The molecule has 2 rings (SSSR count). The zero-order valence-corrected chi connectivity index (χ0v) is 11.9. The summed E-state index contributed by atoms with van der Waals surface area (Å²) in [6, 6.07) is 3.64. The predicted octanol–water partition coefficient (Wildman–Crippen LogP) is 3.00. The van der Waals surface area contributed by atoms with Crippen LogP contribution in [0.15, 0.2) is 17.5 Å². The van der Waals surface area contributed by atoms with Gasteiger partial charge in [0.15, 0.2) is 0 Å². The van der Waals surface area contributed by atoms with Gasteiger partial charge in [0.1, 0.15) is 0 Å². The van der Waals surface area contributed by atoms with Gasteiger partial charge in [-0.2, -0.15) is 0 Å². The number of amides is 1. The standard InChI is InChI=1S/C14H19NO3S/c1-15(13(18)11-6-5-9-19-11)14(10-12(16)17)7-3-2-4-8-14/h5-6,9H,2-4,7-8,10H2,1H3,(H,16,17). The van der Waals surface area contributed by atoms with Gasteiger partial charge in [0.05, 0.1) is 16.8 Å². The number of hydrogen-bond donors (Lipinski definition) is 1. The van der Waals surface area contributed by atoms with Crippen LogP contribution in [0.25, 0.3) is 0 Å². The van der Waals surface area contributed by atoms with Gasteiger partial charge < -0.3 is 10.0 Å². The van der Waals surface area contributed by atoms with Crippen molar-refractivity contribution in [1.29, 1.82) is 0 Å². The summed E-state index contributed by atoms with van der Waals surface area (Å²) in [5, 5.41) is 11.0. The van der Waals surface area contributed by atoms with E-state index in [0.29, 0.717) is 4.88 Å². The maximum atomic E-state index is 12.4. The molecule has 19 heavy (non-hydrogen) atoms. The summed E-state index contributed by atoms with van der Waals surface area (Å²) in [6.45, 7) is 0. The molecule has 104 valence electrons. The Labute approximate surface area is 117 Å². The number of aliphatic carboxylic acids is 1. The van der Waals surface area contributed by atoms with Gasteiger partial charge in [-0.3, -0.25) is 9.59 Å². The molecule has 0 aromatic carbocycles. The number of nitrogens with zero attached hydrogens (tertiary/aromatic N) is 1. The molecule has 5 heteroatoms. The summed E-state index contributed by atoms with van der Waals surface area (Å²) >= 11 is 1.40. The molecule has 1 aliphatic carbocycles. The van der Waals surface area contributed by atoms with Crippen LogP contribution in [0.3, 0.4) is 0 Å². The minimum Gasteiger partial charge on any atom is -0.481 e. The predicted molar refractivity (Wildman–Crippen MR) is 74.5 cm³/mol. The molecule has 1 aromatic heterocycles. The van der Waals surface area contributed by atoms with Crippen molar-refractivity contribution in [3.63, 3.8) is 0 Å². The number of hydrogen-bond acceptors (Lipinski definition) is 3. The second-order valence-electron chi connectivity index (χ2n) is 5.20. The molecule has 1 saturated carbocycles. The molecule has 0 spiro atoms. The molecular formula is C14H19NO3S. The molecule has 4 nitrogen and oxygen atoms in total. The fourth-order valence-corrected chi connectivity index (χ4v) is 3.60. The third-order valence-corrected chi connectivity index (χ3v) is 4.87. The Kier molecular flexibility index (Phi) is 4.24. The van der Waals surface area contributed by atoms with Crippen LogP contribution in [-0.2, 0) is 4.79 Å². The Morgan fingerprint density at radius 1 is 1.37 bits per heavy atom. The molecule has 1 heterocycles. The van der Waals surface area contributed by atoms with Gasteiger partial charge in [0, 0.05) is 7.05 Å². The van der Waals surface area contributed by atoms with Gasteiger partial charge in [-0.1, -0.05) is 25.3 Å². The minimum atomic E-state index is -0.826. The van der Waals surface area contributed by atoms with E-state index in [2.05, 4.69) is 0 Å². The first-order valence-electron chi connectivity index (χ1n) is 6.59. The van der Waals surface area contributed by atoms with Gasteiger partial charge in [0.2, 0.25) is 0 Å². The zero-order chi connectivity index (χ0) is 13.9. The van der Waals surface area contributed by atoms with Crippen LogP contribution in [0.1, 0.15) is 48.2 Å². The first kappa shape index (κ1) is 14.1. The first-order chi connectivity index (χ1) is 9.05. The van der Waals surface area contributed by atoms with Crippen LogP contribution in [-0.4, -0.2) is 34.5 Å². The Morgan fingerprint density at radius 3 is 2.58 bits per heavy atom. The topological polar surface area (TPSA) is 57.6 Å². The van der Waals surface area contributed by atoms with Gasteiger partial charge in [-0.15, -0.1) is 11.3 Å². The van der Waals surface area contributed by atoms with E-state index in [1.165, 1.54) is 11.3 Å². The Morgan fingerprint density at radius 2 is 2.05 bits per heavy atom. The summed E-state index contributed by atoms with van der Waals surface area (Å²) in [4.78, 5) is 25.9. The van der Waals surface area contributed by atoms with E-state index < -0.39 is 11.5 Å². The lowest BCUT2D eigenvalue weighted by Crippen LogP contribution is -2.51. The lowest BCUT2D eigenvalue weighted by Gasteiger charge is -2.43. The minimum absolute atomic E-state index is 0.0423. The van der Waals surface area contributed by atoms with E-state index in [0.717, 1.165) is 32.1 Å². The number of carboxylic acid groups (broad SMARTS) is 1. The summed E-state index contributed by atoms with van der Waals surface area (Å²) in [7, 11) is 1.75. The highest BCUT2D eigenvalue weighted by molar-refractivity contribution is 7.12. The van der Waals surface area contributed by atoms with E-state index >= 15 is 0 Å². The van der Waals surface area contributed by atoms with Crippen molar-refractivity contribution in [3.8, 4) is 0 Å². The van der Waals surface area contributed by atoms with Crippen LogP contribution >= 0.6 is 11.3 Å². The van der Waals surface area contributed by atoms with Gasteiger partial charge in [-0.05, 0) is 24.3 Å². The van der Waals surface area contributed by atoms with E-state index in [1.807, 2.05) is 11.4 Å². The maximum absolute atomic E-state index is 12.4. The lowest BCUT2D eigenvalue weighted by atomic mass is 9.78. The molecule has 0 saturated heterocycles. The number of carbonyl (C=O) groups is 2. The second kappa shape index (κ2) is 5.74. The quantitative estimate of drug-likeness (QED) is 0.923. The fourth-order valence-electron chi connectivity index (χ4n) is 2.90. The number of rotatable bonds is 4. The normalized spacial score (nSPS) is 17.9. The van der Waals surface area contributed by atoms with E-state index in [9.17, 15) is 9.59 Å². The highest BCUT2D eigenvalue weighted by atomic mass is 32.1. The zero-order valence-electron chi connectivity index (χ0n) is 11.1. The maximum Gasteiger partial charge on any atom is 0.305 e. The molecular weight excluding hydrogens is 262 g/mol. The van der Waals surface area contributed by atoms with Crippen molar-refractivity contribution in [2.45, 2.75) is 44.1 Å². The monoisotopic (exact) mass is 281 g/mol. The van der Waals surface area contributed by atoms with Crippen molar-refractivity contribution in [3.05, 3.63) is 22.4 Å². The highest BCUT2D eigenvalue weighted by Crippen LogP contribution is 2.36. The van der Waals surface area contributed by atoms with Crippen LogP contribution in [0, 0.1) is 0 Å². The summed E-state index contributed by atoms with van der Waals surface area (Å²) in [6.07, 6.45) is 4.73. The molecule has 1 fully saturated rings. The van der Waals surface area contributed by atoms with Crippen molar-refractivity contribution in [2.75, 3.05) is 7.05 Å². The summed E-state index contributed by atoms with van der Waals surface area (Å²) < 4.78 is 0. The Bertz CT molecular complexity index is 449. The molecule has 0 aliphatic heterocycles. The Balaban J connectivity index is 2.22. The van der Waals surface area contributed by atoms with Crippen LogP contribution in [0.2, 0.25) is 0 Å². The lowest BCUT2D eigenvalue weighted by molar-refractivity contribution is -0.140. The third kappa shape index (κ3) is 2.97. The van der Waals surface area contributed by atoms with Crippen molar-refractivity contribution < 1.29 is 14.7 Å². The van der Waals surface area contributed by atoms with Crippen molar-refractivity contribution >= 4 is 23.2 Å². The van der Waals surface area contributed by atoms with Gasteiger partial charge in [0.25, 0.3) is 5.91 Å². The van der Waals surface area contributed by atoms with E-state index in [-0.39, 0.29) is 12.3 Å². The Hall–Kier alpha value is -1.36. The largest absolute Gasteiger partial charge is 0.481 e. The highest BCUT2D eigenvalue weighted by Gasteiger charge is 2.40. The smallest absolute Gasteiger partial charge is 0.305 e. The van der Waals surface area contributed by atoms with Crippen LogP contribution in [0.5, 0.6) is 0 Å². The number of carboxylic acids is 1. The number of carbonyl (C=O) groups excluding carboxylic acids is 1. The summed E-state index contributed by atoms with van der Waals surface area (Å²) in [5.74, 6) is -0.883. The van der Waals surface area contributed by atoms with Gasteiger partial charge in [-0.25, -0.2) is 0 Å². The molecule has 0 bridgehead atoms. The molecule has 0 unspecified atom stereocenters.